The van der Waals surface area contributed by atoms with Gasteiger partial charge in [0.05, 0.1) is 0 Å². The molecule has 6 rings (SSSR count). The molecule has 0 fully saturated rings. The fourth-order valence-electron chi connectivity index (χ4n) is 6.89. The second kappa shape index (κ2) is 15.0. The minimum atomic E-state index is -2.80. The second-order valence-electron chi connectivity index (χ2n) is 12.3. The third-order valence-electron chi connectivity index (χ3n) is 9.28. The van der Waals surface area contributed by atoms with Gasteiger partial charge in [0.1, 0.15) is 0 Å². The summed E-state index contributed by atoms with van der Waals surface area (Å²) in [4.78, 5) is 2.49. The molecule has 0 atom stereocenters. The van der Waals surface area contributed by atoms with E-state index in [2.05, 4.69) is 168 Å². The summed E-state index contributed by atoms with van der Waals surface area (Å²) in [5.41, 5.74) is 10.1. The van der Waals surface area contributed by atoms with Crippen LogP contribution in [0.2, 0.25) is 8.87 Å². The number of para-hydroxylation sites is 1. The molecule has 5 aromatic rings. The van der Waals surface area contributed by atoms with Crippen molar-refractivity contribution in [1.82, 2.24) is 0 Å². The first-order valence-electron chi connectivity index (χ1n) is 16.8. The predicted octanol–water partition coefficient (Wildman–Crippen LogP) is 13.0. The van der Waals surface area contributed by atoms with Crippen LogP contribution < -0.4 is 4.90 Å². The van der Waals surface area contributed by atoms with Crippen molar-refractivity contribution in [3.05, 3.63) is 155 Å². The maximum atomic E-state index is 2.76. The van der Waals surface area contributed by atoms with E-state index in [0.717, 1.165) is 6.42 Å². The molecule has 1 aliphatic rings. The fourth-order valence-corrected chi connectivity index (χ4v) is 21.5. The molecule has 5 aromatic carbocycles. The first kappa shape index (κ1) is 31.2. The van der Waals surface area contributed by atoms with Crippen molar-refractivity contribution in [2.75, 3.05) is 4.90 Å². The molecular weight excluding hydrogens is 649 g/mol. The number of nitrogens with zero attached hydrogens (tertiary/aromatic N) is 1. The third kappa shape index (κ3) is 7.04. The zero-order chi connectivity index (χ0) is 30.9. The number of hydrogen-bond acceptors (Lipinski definition) is 1. The summed E-state index contributed by atoms with van der Waals surface area (Å²) < 4.78 is 7.27. The predicted molar refractivity (Wildman–Crippen MR) is 199 cm³/mol. The summed E-state index contributed by atoms with van der Waals surface area (Å²) in [5.74, 6) is 0. The molecule has 45 heavy (non-hydrogen) atoms. The Labute approximate surface area is 274 Å². The Kier molecular flexibility index (Phi) is 10.4. The standard InChI is InChI=1S/C35H27N.2C4H9.Sn/c1-2-3-6-17-32-18-11-12-19-35(32)36(33-24-20-30(21-25-33)28-13-7-4-8-14-28)34-26-22-31(23-27-34)29-15-9-5-10-16-29;2*1-3-4-2;/h1-2,4-16,18-27H,3H2;2*1,3-4H2,2H3;. The van der Waals surface area contributed by atoms with Crippen molar-refractivity contribution in [1.29, 1.82) is 0 Å². The Hall–Kier alpha value is -3.82. The van der Waals surface area contributed by atoms with Crippen LogP contribution in [0.4, 0.5) is 17.1 Å². The van der Waals surface area contributed by atoms with Gasteiger partial charge in [0.15, 0.2) is 0 Å². The Bertz CT molecular complexity index is 1630. The summed E-state index contributed by atoms with van der Waals surface area (Å²) in [5, 5.41) is 0. The van der Waals surface area contributed by atoms with E-state index in [4.69, 9.17) is 0 Å². The van der Waals surface area contributed by atoms with Crippen LogP contribution in [-0.4, -0.2) is 18.4 Å². The van der Waals surface area contributed by atoms with Gasteiger partial charge < -0.3 is 0 Å². The second-order valence-corrected chi connectivity index (χ2v) is 24.2. The minimum absolute atomic E-state index is 1.04. The van der Waals surface area contributed by atoms with Crippen LogP contribution in [0.5, 0.6) is 0 Å². The number of hydrogen-bond donors (Lipinski definition) is 0. The quantitative estimate of drug-likeness (QED) is 0.118. The van der Waals surface area contributed by atoms with Gasteiger partial charge in [-0.3, -0.25) is 0 Å². The van der Waals surface area contributed by atoms with Gasteiger partial charge in [0.25, 0.3) is 0 Å². The van der Waals surface area contributed by atoms with E-state index in [1.807, 2.05) is 0 Å². The van der Waals surface area contributed by atoms with Crippen LogP contribution in [0.3, 0.4) is 0 Å². The molecule has 1 heterocycles. The van der Waals surface area contributed by atoms with Crippen LogP contribution in [0.25, 0.3) is 25.8 Å². The van der Waals surface area contributed by atoms with Gasteiger partial charge in [0.2, 0.25) is 0 Å². The molecule has 0 aliphatic carbocycles. The van der Waals surface area contributed by atoms with Gasteiger partial charge in [-0.15, -0.1) is 0 Å². The van der Waals surface area contributed by atoms with E-state index < -0.39 is 18.4 Å². The van der Waals surface area contributed by atoms with Gasteiger partial charge in [-0.1, -0.05) is 0 Å². The normalized spacial score (nSPS) is 13.8. The van der Waals surface area contributed by atoms with Crippen molar-refractivity contribution in [3.8, 4) is 22.3 Å². The first-order chi connectivity index (χ1) is 22.2. The number of allylic oxidation sites excluding steroid dienone is 2. The number of rotatable bonds is 12. The van der Waals surface area contributed by atoms with E-state index in [1.54, 1.807) is 3.59 Å². The van der Waals surface area contributed by atoms with Gasteiger partial charge >= 0.3 is 276 Å². The molecule has 0 saturated heterocycles. The molecule has 0 spiro atoms. The van der Waals surface area contributed by atoms with Gasteiger partial charge in [0, 0.05) is 0 Å². The molecule has 0 radical (unpaired) electrons. The van der Waals surface area contributed by atoms with Gasteiger partial charge in [-0.25, -0.2) is 0 Å². The molecule has 0 aromatic heterocycles. The number of unbranched alkanes of at least 4 members (excludes halogenated alkanes) is 2. The van der Waals surface area contributed by atoms with Gasteiger partial charge in [-0.2, -0.15) is 0 Å². The molecule has 0 unspecified atom stereocenters. The average molecular weight is 695 g/mol. The van der Waals surface area contributed by atoms with E-state index in [1.165, 1.54) is 79.4 Å². The monoisotopic (exact) mass is 695 g/mol. The third-order valence-corrected chi connectivity index (χ3v) is 23.3. The molecule has 0 saturated carbocycles. The summed E-state index contributed by atoms with van der Waals surface area (Å²) in [6.07, 6.45) is 11.3. The van der Waals surface area contributed by atoms with Crippen molar-refractivity contribution >= 4 is 39.0 Å². The molecule has 0 amide bonds. The van der Waals surface area contributed by atoms with Crippen LogP contribution in [0.1, 0.15) is 51.5 Å². The molecule has 2 heteroatoms. The molecule has 0 N–H and O–H groups in total. The topological polar surface area (TPSA) is 3.24 Å². The molecule has 226 valence electrons. The number of benzene rings is 5. The van der Waals surface area contributed by atoms with Crippen molar-refractivity contribution < 1.29 is 0 Å². The van der Waals surface area contributed by atoms with E-state index in [9.17, 15) is 0 Å². The molecular formula is C43H45NSn. The summed E-state index contributed by atoms with van der Waals surface area (Å²) in [6, 6.07) is 48.9. The summed E-state index contributed by atoms with van der Waals surface area (Å²) in [7, 11) is 0. The van der Waals surface area contributed by atoms with Crippen LogP contribution in [-0.2, 0) is 0 Å². The van der Waals surface area contributed by atoms with Crippen molar-refractivity contribution in [2.24, 2.45) is 0 Å². The van der Waals surface area contributed by atoms with E-state index >= 15 is 0 Å². The van der Waals surface area contributed by atoms with Crippen molar-refractivity contribution in [3.63, 3.8) is 0 Å². The Morgan fingerprint density at radius 1 is 0.533 bits per heavy atom. The first-order valence-corrected chi connectivity index (χ1v) is 23.9. The Morgan fingerprint density at radius 3 is 1.51 bits per heavy atom. The van der Waals surface area contributed by atoms with Crippen LogP contribution in [0, 0.1) is 0 Å². The average Bonchev–Trinajstić information content (AvgIpc) is 3.12. The Morgan fingerprint density at radius 2 is 1.00 bits per heavy atom. The molecule has 1 aliphatic heterocycles. The van der Waals surface area contributed by atoms with Crippen molar-refractivity contribution in [2.45, 2.75) is 54.8 Å². The zero-order valence-electron chi connectivity index (χ0n) is 26.8. The molecule has 0 bridgehead atoms. The van der Waals surface area contributed by atoms with E-state index in [0.29, 0.717) is 0 Å². The SMILES string of the molecule is CCC[CH2][Sn]1([CH2]CCC)[CH]=CCC=[C]1c1ccccc1N(c1ccc(-c2ccccc2)cc1)c1ccc(-c2ccccc2)cc1. The van der Waals surface area contributed by atoms with E-state index in [-0.39, 0.29) is 0 Å². The number of anilines is 3. The zero-order valence-corrected chi connectivity index (χ0v) is 29.7. The van der Waals surface area contributed by atoms with Crippen LogP contribution in [0.15, 0.2) is 150 Å². The van der Waals surface area contributed by atoms with Crippen LogP contribution >= 0.6 is 0 Å². The Balaban J connectivity index is 1.48. The summed E-state index contributed by atoms with van der Waals surface area (Å²) >= 11 is -2.80. The maximum absolute atomic E-state index is 2.80. The fraction of sp³-hybridized carbons (Fsp3) is 0.209. The molecule has 1 nitrogen and oxygen atoms in total. The van der Waals surface area contributed by atoms with Gasteiger partial charge in [-0.05, 0) is 0 Å². The summed E-state index contributed by atoms with van der Waals surface area (Å²) in [6.45, 7) is 4.70.